The Morgan fingerprint density at radius 3 is 2.62 bits per heavy atom. The number of carbonyl (C=O) groups excluding carboxylic acids is 3. The van der Waals surface area contributed by atoms with Gasteiger partial charge >= 0.3 is 6.03 Å². The van der Waals surface area contributed by atoms with Crippen LogP contribution in [-0.4, -0.2) is 39.8 Å². The molecule has 1 aromatic heterocycles. The fraction of sp³-hybridized carbons (Fsp3) is 0.429. The highest BCUT2D eigenvalue weighted by Crippen LogP contribution is 2.42. The third-order valence-corrected chi connectivity index (χ3v) is 6.62. The number of thiazole rings is 1. The first-order valence-electron chi connectivity index (χ1n) is 9.66. The number of nitrogens with zero attached hydrogens (tertiary/aromatic N) is 2. The van der Waals surface area contributed by atoms with E-state index in [0.29, 0.717) is 5.13 Å². The van der Waals surface area contributed by atoms with Gasteiger partial charge in [0.1, 0.15) is 12.1 Å². The summed E-state index contributed by atoms with van der Waals surface area (Å²) >= 11 is 1.32. The van der Waals surface area contributed by atoms with Crippen molar-refractivity contribution in [1.82, 2.24) is 15.2 Å². The number of aromatic nitrogens is 1. The Balaban J connectivity index is 1.44. The molecule has 2 heterocycles. The molecule has 1 aromatic carbocycles. The Hall–Kier alpha value is -2.74. The first-order valence-corrected chi connectivity index (χ1v) is 10.5. The van der Waals surface area contributed by atoms with Crippen LogP contribution in [0.15, 0.2) is 17.5 Å². The number of nitrogens with one attached hydrogen (secondary N) is 2. The number of anilines is 1. The number of hydrogen-bond donors (Lipinski definition) is 2. The van der Waals surface area contributed by atoms with E-state index in [0.717, 1.165) is 34.6 Å². The van der Waals surface area contributed by atoms with Crippen molar-refractivity contribution in [2.45, 2.75) is 46.1 Å². The zero-order valence-corrected chi connectivity index (χ0v) is 17.8. The maximum atomic E-state index is 12.6. The van der Waals surface area contributed by atoms with Crippen LogP contribution in [0.2, 0.25) is 0 Å². The fourth-order valence-corrected chi connectivity index (χ4v) is 4.52. The molecule has 8 heteroatoms. The van der Waals surface area contributed by atoms with Crippen LogP contribution in [0, 0.1) is 26.7 Å². The Labute approximate surface area is 173 Å². The first kappa shape index (κ1) is 19.6. The van der Waals surface area contributed by atoms with Crippen molar-refractivity contribution < 1.29 is 14.4 Å². The molecule has 1 saturated heterocycles. The van der Waals surface area contributed by atoms with E-state index in [9.17, 15) is 14.4 Å². The molecular formula is C21H24N4O3S. The maximum absolute atomic E-state index is 12.6. The SMILES string of the molecule is Cc1cc(C)c(-c2csc(NC(=O)CN3C(=O)N[C@](C)(C4CC4)C3=O)n2)cc1C. The molecule has 7 nitrogen and oxygen atoms in total. The van der Waals surface area contributed by atoms with Crippen molar-refractivity contribution >= 4 is 34.3 Å². The van der Waals surface area contributed by atoms with Gasteiger partial charge in [-0.2, -0.15) is 0 Å². The monoisotopic (exact) mass is 412 g/mol. The molecule has 1 saturated carbocycles. The molecule has 1 aliphatic carbocycles. The van der Waals surface area contributed by atoms with Crippen molar-refractivity contribution in [3.63, 3.8) is 0 Å². The van der Waals surface area contributed by atoms with Gasteiger partial charge in [0.15, 0.2) is 5.13 Å². The molecule has 4 amide bonds. The number of aryl methyl sites for hydroxylation is 3. The van der Waals surface area contributed by atoms with Gasteiger partial charge < -0.3 is 10.6 Å². The van der Waals surface area contributed by atoms with E-state index in [1.807, 2.05) is 12.3 Å². The highest BCUT2D eigenvalue weighted by Gasteiger charge is 2.56. The molecule has 29 heavy (non-hydrogen) atoms. The third-order valence-electron chi connectivity index (χ3n) is 5.86. The van der Waals surface area contributed by atoms with Crippen molar-refractivity contribution in [3.05, 3.63) is 34.2 Å². The van der Waals surface area contributed by atoms with Crippen LogP contribution in [0.25, 0.3) is 11.3 Å². The number of rotatable bonds is 5. The molecule has 152 valence electrons. The van der Waals surface area contributed by atoms with Gasteiger partial charge in [-0.05, 0) is 69.2 Å². The average Bonchev–Trinajstić information content (AvgIpc) is 3.38. The molecule has 1 aliphatic heterocycles. The summed E-state index contributed by atoms with van der Waals surface area (Å²) in [5.41, 5.74) is 4.46. The second-order valence-corrected chi connectivity index (χ2v) is 8.99. The van der Waals surface area contributed by atoms with Crippen LogP contribution in [0.1, 0.15) is 36.5 Å². The van der Waals surface area contributed by atoms with Crippen LogP contribution < -0.4 is 10.6 Å². The number of benzene rings is 1. The predicted octanol–water partition coefficient (Wildman–Crippen LogP) is 3.39. The normalized spacial score (nSPS) is 21.4. The van der Waals surface area contributed by atoms with Crippen LogP contribution in [0.4, 0.5) is 9.93 Å². The number of urea groups is 1. The molecule has 0 radical (unpaired) electrons. The van der Waals surface area contributed by atoms with Crippen molar-refractivity contribution in [1.29, 1.82) is 0 Å². The maximum Gasteiger partial charge on any atom is 0.325 e. The molecule has 0 bridgehead atoms. The molecule has 1 atom stereocenters. The third kappa shape index (κ3) is 3.53. The minimum atomic E-state index is -0.882. The van der Waals surface area contributed by atoms with E-state index in [2.05, 4.69) is 41.6 Å². The molecule has 4 rings (SSSR count). The predicted molar refractivity (Wildman–Crippen MR) is 112 cm³/mol. The highest BCUT2D eigenvalue weighted by molar-refractivity contribution is 7.14. The van der Waals surface area contributed by atoms with Gasteiger partial charge in [0.2, 0.25) is 5.91 Å². The van der Waals surface area contributed by atoms with Gasteiger partial charge in [0.05, 0.1) is 5.69 Å². The molecule has 0 unspecified atom stereocenters. The molecule has 2 aromatic rings. The smallest absolute Gasteiger partial charge is 0.323 e. The Morgan fingerprint density at radius 1 is 1.24 bits per heavy atom. The van der Waals surface area contributed by atoms with Crippen LogP contribution >= 0.6 is 11.3 Å². The largest absolute Gasteiger partial charge is 0.325 e. The number of amides is 4. The van der Waals surface area contributed by atoms with Crippen LogP contribution in [0.5, 0.6) is 0 Å². The van der Waals surface area contributed by atoms with E-state index < -0.39 is 17.5 Å². The van der Waals surface area contributed by atoms with Gasteiger partial charge in [-0.3, -0.25) is 14.5 Å². The van der Waals surface area contributed by atoms with E-state index in [-0.39, 0.29) is 18.4 Å². The minimum absolute atomic E-state index is 0.162. The van der Waals surface area contributed by atoms with E-state index in [1.54, 1.807) is 6.92 Å². The topological polar surface area (TPSA) is 91.4 Å². The van der Waals surface area contributed by atoms with Crippen LogP contribution in [0.3, 0.4) is 0 Å². The van der Waals surface area contributed by atoms with E-state index >= 15 is 0 Å². The lowest BCUT2D eigenvalue weighted by atomic mass is 9.96. The highest BCUT2D eigenvalue weighted by atomic mass is 32.1. The molecule has 2 fully saturated rings. The fourth-order valence-electron chi connectivity index (χ4n) is 3.79. The molecule has 2 aliphatic rings. The van der Waals surface area contributed by atoms with E-state index in [4.69, 9.17) is 0 Å². The molecule has 2 N–H and O–H groups in total. The second-order valence-electron chi connectivity index (χ2n) is 8.14. The lowest BCUT2D eigenvalue weighted by Gasteiger charge is -2.20. The van der Waals surface area contributed by atoms with Gasteiger partial charge in [-0.1, -0.05) is 6.07 Å². The van der Waals surface area contributed by atoms with Crippen molar-refractivity contribution in [2.75, 3.05) is 11.9 Å². The summed E-state index contributed by atoms with van der Waals surface area (Å²) in [7, 11) is 0. The summed E-state index contributed by atoms with van der Waals surface area (Å²) in [6.45, 7) is 7.59. The van der Waals surface area contributed by atoms with Gasteiger partial charge in [0.25, 0.3) is 5.91 Å². The summed E-state index contributed by atoms with van der Waals surface area (Å²) < 4.78 is 0. The Kier molecular flexibility index (Phi) is 4.69. The number of hydrogen-bond acceptors (Lipinski definition) is 5. The lowest BCUT2D eigenvalue weighted by Crippen LogP contribution is -2.46. The first-order chi connectivity index (χ1) is 13.7. The average molecular weight is 413 g/mol. The molecule has 0 spiro atoms. The summed E-state index contributed by atoms with van der Waals surface area (Å²) in [5, 5.41) is 7.80. The summed E-state index contributed by atoms with van der Waals surface area (Å²) in [6, 6.07) is 3.71. The summed E-state index contributed by atoms with van der Waals surface area (Å²) in [4.78, 5) is 42.8. The van der Waals surface area contributed by atoms with Gasteiger partial charge in [0, 0.05) is 10.9 Å². The minimum Gasteiger partial charge on any atom is -0.323 e. The number of imide groups is 1. The quantitative estimate of drug-likeness (QED) is 0.737. The zero-order chi connectivity index (χ0) is 20.9. The van der Waals surface area contributed by atoms with Crippen LogP contribution in [-0.2, 0) is 9.59 Å². The van der Waals surface area contributed by atoms with Gasteiger partial charge in [-0.25, -0.2) is 9.78 Å². The summed E-state index contributed by atoms with van der Waals surface area (Å²) in [6.07, 6.45) is 1.84. The lowest BCUT2D eigenvalue weighted by molar-refractivity contribution is -0.134. The summed E-state index contributed by atoms with van der Waals surface area (Å²) in [5.74, 6) is -0.605. The Morgan fingerprint density at radius 2 is 1.93 bits per heavy atom. The van der Waals surface area contributed by atoms with Crippen molar-refractivity contribution in [2.24, 2.45) is 5.92 Å². The standard InChI is InChI=1S/C21H24N4O3S/c1-11-7-13(3)15(8-12(11)2)16-10-29-19(22-16)23-17(26)9-25-18(27)21(4,14-5-6-14)24-20(25)28/h7-8,10,14H,5-6,9H2,1-4H3,(H,24,28)(H,22,23,26)/t21-/m1/s1. The zero-order valence-electron chi connectivity index (χ0n) is 17.0. The molecular weight excluding hydrogens is 388 g/mol. The Bertz CT molecular complexity index is 1030. The van der Waals surface area contributed by atoms with Gasteiger partial charge in [-0.15, -0.1) is 11.3 Å². The van der Waals surface area contributed by atoms with Crippen molar-refractivity contribution in [3.8, 4) is 11.3 Å². The second kappa shape index (κ2) is 6.95. The van der Waals surface area contributed by atoms with E-state index in [1.165, 1.54) is 22.5 Å². The number of carbonyl (C=O) groups is 3.